The van der Waals surface area contributed by atoms with Crippen LogP contribution in [-0.2, 0) is 14.6 Å². The average molecular weight is 406 g/mol. The second kappa shape index (κ2) is 10.7. The number of hydrogen-bond acceptors (Lipinski definition) is 5. The number of ether oxygens (including phenoxy) is 2. The summed E-state index contributed by atoms with van der Waals surface area (Å²) in [5, 5.41) is 2.61. The number of carbonyl (C=O) groups is 1. The molecular weight excluding hydrogens is 378 g/mol. The Hall–Kier alpha value is -2.54. The summed E-state index contributed by atoms with van der Waals surface area (Å²) in [7, 11) is -3.38. The lowest BCUT2D eigenvalue weighted by Crippen LogP contribution is -2.24. The van der Waals surface area contributed by atoms with Crippen molar-refractivity contribution in [1.29, 1.82) is 0 Å². The molecule has 152 valence electrons. The second-order valence-electron chi connectivity index (χ2n) is 6.38. The molecule has 1 N–H and O–H groups in total. The number of nitrogens with one attached hydrogen (secondary N) is 1. The SMILES string of the molecule is CCCCCS(=O)(=O)CC(=O)Nc1ccc(Oc2ccc(OCC)cc2)cc1. The summed E-state index contributed by atoms with van der Waals surface area (Å²) in [5.41, 5.74) is 0.521. The summed E-state index contributed by atoms with van der Waals surface area (Å²) in [6.45, 7) is 4.53. The Balaban J connectivity index is 1.87. The minimum Gasteiger partial charge on any atom is -0.494 e. The van der Waals surface area contributed by atoms with E-state index >= 15 is 0 Å². The molecule has 2 aromatic carbocycles. The van der Waals surface area contributed by atoms with Crippen molar-refractivity contribution in [2.75, 3.05) is 23.4 Å². The highest BCUT2D eigenvalue weighted by Crippen LogP contribution is 2.25. The van der Waals surface area contributed by atoms with Crippen molar-refractivity contribution in [3.63, 3.8) is 0 Å². The summed E-state index contributed by atoms with van der Waals surface area (Å²) in [5.74, 6) is 1.06. The van der Waals surface area contributed by atoms with Gasteiger partial charge in [-0.15, -0.1) is 0 Å². The predicted octanol–water partition coefficient (Wildman–Crippen LogP) is 4.42. The summed E-state index contributed by atoms with van der Waals surface area (Å²) in [6, 6.07) is 14.0. The fourth-order valence-electron chi connectivity index (χ4n) is 2.55. The molecular formula is C21H27NO5S. The maximum Gasteiger partial charge on any atom is 0.239 e. The molecule has 0 aliphatic rings. The monoisotopic (exact) mass is 405 g/mol. The van der Waals surface area contributed by atoms with E-state index in [1.807, 2.05) is 38.1 Å². The Kier molecular flexibility index (Phi) is 8.32. The van der Waals surface area contributed by atoms with Gasteiger partial charge in [0.2, 0.25) is 5.91 Å². The third-order valence-corrected chi connectivity index (χ3v) is 5.53. The average Bonchev–Trinajstić information content (AvgIpc) is 2.65. The van der Waals surface area contributed by atoms with Gasteiger partial charge in [-0.25, -0.2) is 8.42 Å². The Morgan fingerprint density at radius 1 is 0.893 bits per heavy atom. The van der Waals surface area contributed by atoms with Crippen LogP contribution in [0.3, 0.4) is 0 Å². The molecule has 2 aromatic rings. The lowest BCUT2D eigenvalue weighted by Gasteiger charge is -2.09. The molecule has 0 bridgehead atoms. The summed E-state index contributed by atoms with van der Waals surface area (Å²) in [4.78, 5) is 12.0. The Morgan fingerprint density at radius 2 is 1.46 bits per heavy atom. The van der Waals surface area contributed by atoms with E-state index in [1.165, 1.54) is 0 Å². The molecule has 0 aliphatic carbocycles. The lowest BCUT2D eigenvalue weighted by atomic mass is 10.3. The van der Waals surface area contributed by atoms with Gasteiger partial charge in [-0.1, -0.05) is 19.8 Å². The number of rotatable bonds is 11. The summed E-state index contributed by atoms with van der Waals surface area (Å²) >= 11 is 0. The molecule has 0 saturated heterocycles. The van der Waals surface area contributed by atoms with Crippen molar-refractivity contribution < 1.29 is 22.7 Å². The third-order valence-electron chi connectivity index (χ3n) is 3.92. The summed E-state index contributed by atoms with van der Waals surface area (Å²) < 4.78 is 35.0. The molecule has 0 radical (unpaired) electrons. The molecule has 0 heterocycles. The van der Waals surface area contributed by atoms with Crippen LogP contribution in [0.4, 0.5) is 5.69 Å². The van der Waals surface area contributed by atoms with Crippen LogP contribution in [0.2, 0.25) is 0 Å². The first kappa shape index (κ1) is 21.8. The van der Waals surface area contributed by atoms with Crippen molar-refractivity contribution in [3.05, 3.63) is 48.5 Å². The maximum absolute atomic E-state index is 12.0. The molecule has 6 nitrogen and oxygen atoms in total. The highest BCUT2D eigenvalue weighted by Gasteiger charge is 2.16. The third kappa shape index (κ3) is 7.60. The molecule has 0 saturated carbocycles. The minimum absolute atomic E-state index is 0.0448. The van der Waals surface area contributed by atoms with Gasteiger partial charge in [-0.2, -0.15) is 0 Å². The normalized spacial score (nSPS) is 11.1. The number of sulfone groups is 1. The zero-order valence-electron chi connectivity index (χ0n) is 16.3. The number of unbranched alkanes of at least 4 members (excludes halogenated alkanes) is 2. The van der Waals surface area contributed by atoms with E-state index in [9.17, 15) is 13.2 Å². The number of hydrogen-bond donors (Lipinski definition) is 1. The fraction of sp³-hybridized carbons (Fsp3) is 0.381. The minimum atomic E-state index is -3.38. The zero-order valence-corrected chi connectivity index (χ0v) is 17.1. The van der Waals surface area contributed by atoms with E-state index < -0.39 is 21.5 Å². The van der Waals surface area contributed by atoms with Gasteiger partial charge in [0.05, 0.1) is 12.4 Å². The van der Waals surface area contributed by atoms with Gasteiger partial charge in [0.15, 0.2) is 9.84 Å². The Bertz CT molecular complexity index is 845. The molecule has 0 aliphatic heterocycles. The second-order valence-corrected chi connectivity index (χ2v) is 8.56. The van der Waals surface area contributed by atoms with E-state index in [0.717, 1.165) is 18.6 Å². The molecule has 0 atom stereocenters. The fourth-order valence-corrected chi connectivity index (χ4v) is 3.81. The lowest BCUT2D eigenvalue weighted by molar-refractivity contribution is -0.113. The van der Waals surface area contributed by atoms with Crippen LogP contribution in [0.15, 0.2) is 48.5 Å². The van der Waals surface area contributed by atoms with Crippen molar-refractivity contribution in [1.82, 2.24) is 0 Å². The van der Waals surface area contributed by atoms with Gasteiger partial charge in [-0.05, 0) is 61.9 Å². The first-order valence-electron chi connectivity index (χ1n) is 9.43. The number of carbonyl (C=O) groups excluding carboxylic acids is 1. The quantitative estimate of drug-likeness (QED) is 0.560. The van der Waals surface area contributed by atoms with Crippen molar-refractivity contribution in [2.24, 2.45) is 0 Å². The molecule has 1 amide bonds. The van der Waals surface area contributed by atoms with Crippen LogP contribution < -0.4 is 14.8 Å². The van der Waals surface area contributed by atoms with Crippen LogP contribution in [0, 0.1) is 0 Å². The van der Waals surface area contributed by atoms with Crippen LogP contribution in [0.5, 0.6) is 17.2 Å². The first-order chi connectivity index (χ1) is 13.4. The van der Waals surface area contributed by atoms with E-state index in [0.29, 0.717) is 30.2 Å². The molecule has 0 spiro atoms. The van der Waals surface area contributed by atoms with E-state index in [1.54, 1.807) is 24.3 Å². The standard InChI is InChI=1S/C21H27NO5S/c1-3-5-6-15-28(24,25)16-21(23)22-17-7-9-19(10-8-17)27-20-13-11-18(12-14-20)26-4-2/h7-14H,3-6,15-16H2,1-2H3,(H,22,23). The number of benzene rings is 2. The molecule has 28 heavy (non-hydrogen) atoms. The maximum atomic E-state index is 12.0. The van der Waals surface area contributed by atoms with Crippen molar-refractivity contribution in [3.8, 4) is 17.2 Å². The predicted molar refractivity (Wildman–Crippen MR) is 111 cm³/mol. The van der Waals surface area contributed by atoms with E-state index in [2.05, 4.69) is 5.32 Å². The molecule has 7 heteroatoms. The van der Waals surface area contributed by atoms with Gasteiger partial charge in [-0.3, -0.25) is 4.79 Å². The highest BCUT2D eigenvalue weighted by atomic mass is 32.2. The van der Waals surface area contributed by atoms with Gasteiger partial charge >= 0.3 is 0 Å². The van der Waals surface area contributed by atoms with Crippen LogP contribution in [-0.4, -0.2) is 32.4 Å². The summed E-state index contributed by atoms with van der Waals surface area (Å²) in [6.07, 6.45) is 2.37. The van der Waals surface area contributed by atoms with Crippen LogP contribution >= 0.6 is 0 Å². The Labute approximate surface area is 166 Å². The van der Waals surface area contributed by atoms with E-state index in [4.69, 9.17) is 9.47 Å². The van der Waals surface area contributed by atoms with Gasteiger partial charge in [0.25, 0.3) is 0 Å². The number of amides is 1. The molecule has 0 unspecified atom stereocenters. The van der Waals surface area contributed by atoms with Gasteiger partial charge in [0, 0.05) is 5.69 Å². The highest BCUT2D eigenvalue weighted by molar-refractivity contribution is 7.92. The molecule has 0 aromatic heterocycles. The van der Waals surface area contributed by atoms with Gasteiger partial charge < -0.3 is 14.8 Å². The Morgan fingerprint density at radius 3 is 2.04 bits per heavy atom. The van der Waals surface area contributed by atoms with Crippen molar-refractivity contribution >= 4 is 21.4 Å². The van der Waals surface area contributed by atoms with Crippen molar-refractivity contribution in [2.45, 2.75) is 33.1 Å². The van der Waals surface area contributed by atoms with Crippen LogP contribution in [0.25, 0.3) is 0 Å². The largest absolute Gasteiger partial charge is 0.494 e. The molecule has 0 fully saturated rings. The zero-order chi connectivity index (χ0) is 20.4. The van der Waals surface area contributed by atoms with Gasteiger partial charge in [0.1, 0.15) is 23.0 Å². The van der Waals surface area contributed by atoms with Crippen LogP contribution in [0.1, 0.15) is 33.1 Å². The topological polar surface area (TPSA) is 81.7 Å². The smallest absolute Gasteiger partial charge is 0.239 e. The first-order valence-corrected chi connectivity index (χ1v) is 11.2. The van der Waals surface area contributed by atoms with E-state index in [-0.39, 0.29) is 5.75 Å². The number of anilines is 1. The molecule has 2 rings (SSSR count).